The zero-order chi connectivity index (χ0) is 13.1. The summed E-state index contributed by atoms with van der Waals surface area (Å²) < 4.78 is 2.15. The number of halogens is 2. The number of hydrogen-bond donors (Lipinski definition) is 0. The van der Waals surface area contributed by atoms with Gasteiger partial charge in [0.2, 0.25) is 0 Å². The Morgan fingerprint density at radius 3 is 1.44 bits per heavy atom. The van der Waals surface area contributed by atoms with E-state index >= 15 is 0 Å². The van der Waals surface area contributed by atoms with Crippen LogP contribution >= 0.6 is 31.9 Å². The van der Waals surface area contributed by atoms with Gasteiger partial charge < -0.3 is 4.90 Å². The molecular weight excluding hydrogens is 354 g/mol. The average Bonchev–Trinajstić information content (AvgIpc) is 2.34. The molecule has 0 aromatic heterocycles. The van der Waals surface area contributed by atoms with Crippen molar-refractivity contribution in [3.63, 3.8) is 0 Å². The summed E-state index contributed by atoms with van der Waals surface area (Å²) in [4.78, 5) is 2.12. The van der Waals surface area contributed by atoms with Gasteiger partial charge in [0.15, 0.2) is 0 Å². The molecule has 0 aliphatic heterocycles. The highest BCUT2D eigenvalue weighted by molar-refractivity contribution is 9.10. The highest BCUT2D eigenvalue weighted by atomic mass is 79.9. The van der Waals surface area contributed by atoms with Crippen molar-refractivity contribution in [2.75, 3.05) is 4.90 Å². The van der Waals surface area contributed by atoms with Gasteiger partial charge in [-0.15, -0.1) is 0 Å². The van der Waals surface area contributed by atoms with Gasteiger partial charge in [0.05, 0.1) is 0 Å². The largest absolute Gasteiger partial charge is 0.315 e. The van der Waals surface area contributed by atoms with E-state index in [0.29, 0.717) is 0 Å². The average molecular weight is 367 g/mol. The van der Waals surface area contributed by atoms with Crippen LogP contribution in [0, 0.1) is 0 Å². The topological polar surface area (TPSA) is 3.24 Å². The van der Waals surface area contributed by atoms with Crippen molar-refractivity contribution in [3.05, 3.63) is 69.8 Å². The van der Waals surface area contributed by atoms with E-state index in [1.165, 1.54) is 0 Å². The molecule has 0 fully saturated rings. The van der Waals surface area contributed by atoms with Crippen LogP contribution in [0.1, 0.15) is 6.92 Å². The third-order valence-corrected chi connectivity index (χ3v) is 3.61. The van der Waals surface area contributed by atoms with E-state index in [1.807, 2.05) is 31.2 Å². The first-order chi connectivity index (χ1) is 8.58. The second-order valence-electron chi connectivity index (χ2n) is 4.02. The van der Waals surface area contributed by atoms with Crippen LogP contribution in [-0.2, 0) is 0 Å². The van der Waals surface area contributed by atoms with Crippen LogP contribution in [0.3, 0.4) is 0 Å². The second kappa shape index (κ2) is 5.72. The highest BCUT2D eigenvalue weighted by Gasteiger charge is 2.09. The molecule has 92 valence electrons. The number of allylic oxidation sites excluding steroid dienone is 1. The number of hydrogen-bond acceptors (Lipinski definition) is 1. The zero-order valence-corrected chi connectivity index (χ0v) is 13.2. The van der Waals surface area contributed by atoms with Gasteiger partial charge in [-0.2, -0.15) is 0 Å². The maximum atomic E-state index is 4.06. The smallest absolute Gasteiger partial charge is 0.0458 e. The summed E-state index contributed by atoms with van der Waals surface area (Å²) in [6.45, 7) is 6.06. The lowest BCUT2D eigenvalue weighted by Gasteiger charge is -2.25. The molecule has 2 rings (SSSR count). The molecule has 3 heteroatoms. The molecule has 0 aliphatic carbocycles. The van der Waals surface area contributed by atoms with Crippen LogP contribution in [0.4, 0.5) is 11.4 Å². The Bertz CT molecular complexity index is 498. The molecule has 0 radical (unpaired) electrons. The van der Waals surface area contributed by atoms with Gasteiger partial charge in [-0.05, 0) is 55.5 Å². The summed E-state index contributed by atoms with van der Waals surface area (Å²) >= 11 is 6.90. The lowest BCUT2D eigenvalue weighted by atomic mass is 10.2. The normalized spacial score (nSPS) is 10.2. The lowest BCUT2D eigenvalue weighted by Crippen LogP contribution is -2.13. The minimum Gasteiger partial charge on any atom is -0.315 e. The summed E-state index contributed by atoms with van der Waals surface area (Å²) in [6.07, 6.45) is 0. The Hall–Kier alpha value is -1.06. The molecule has 0 spiro atoms. The van der Waals surface area contributed by atoms with E-state index < -0.39 is 0 Å². The van der Waals surface area contributed by atoms with Crippen molar-refractivity contribution < 1.29 is 0 Å². The van der Waals surface area contributed by atoms with Crippen molar-refractivity contribution >= 4 is 43.2 Å². The summed E-state index contributed by atoms with van der Waals surface area (Å²) in [5, 5.41) is 0. The SMILES string of the molecule is C=C(C)N(c1ccc(Br)cc1)c1ccc(Br)cc1. The number of anilines is 2. The molecule has 2 aromatic carbocycles. The first-order valence-corrected chi connectivity index (χ1v) is 7.13. The molecule has 18 heavy (non-hydrogen) atoms. The summed E-state index contributed by atoms with van der Waals surface area (Å²) in [5.74, 6) is 0. The fraction of sp³-hybridized carbons (Fsp3) is 0.0667. The van der Waals surface area contributed by atoms with Crippen LogP contribution in [0.15, 0.2) is 69.8 Å². The van der Waals surface area contributed by atoms with Gasteiger partial charge in [-0.25, -0.2) is 0 Å². The second-order valence-corrected chi connectivity index (χ2v) is 5.85. The van der Waals surface area contributed by atoms with Crippen LogP contribution in [-0.4, -0.2) is 0 Å². The highest BCUT2D eigenvalue weighted by Crippen LogP contribution is 2.30. The first kappa shape index (κ1) is 13.4. The molecule has 0 heterocycles. The Kier molecular flexibility index (Phi) is 4.25. The Labute approximate surface area is 124 Å². The number of benzene rings is 2. The Morgan fingerprint density at radius 2 is 1.17 bits per heavy atom. The maximum Gasteiger partial charge on any atom is 0.0458 e. The number of rotatable bonds is 3. The fourth-order valence-electron chi connectivity index (χ4n) is 1.77. The molecule has 0 amide bonds. The van der Waals surface area contributed by atoms with Gasteiger partial charge in [0.1, 0.15) is 0 Å². The van der Waals surface area contributed by atoms with E-state index in [1.54, 1.807) is 0 Å². The Balaban J connectivity index is 2.43. The van der Waals surface area contributed by atoms with Crippen molar-refractivity contribution in [2.45, 2.75) is 6.92 Å². The van der Waals surface area contributed by atoms with Crippen molar-refractivity contribution in [1.29, 1.82) is 0 Å². The van der Waals surface area contributed by atoms with E-state index in [4.69, 9.17) is 0 Å². The standard InChI is InChI=1S/C15H13Br2N/c1-11(2)18(14-7-3-12(16)4-8-14)15-9-5-13(17)6-10-15/h3-10H,1H2,2H3. The van der Waals surface area contributed by atoms with Crippen LogP contribution in [0.5, 0.6) is 0 Å². The van der Waals surface area contributed by atoms with Gasteiger partial charge in [-0.1, -0.05) is 38.4 Å². The summed E-state index contributed by atoms with van der Waals surface area (Å²) in [7, 11) is 0. The predicted molar refractivity (Wildman–Crippen MR) is 85.2 cm³/mol. The minimum atomic E-state index is 0.986. The molecular formula is C15H13Br2N. The van der Waals surface area contributed by atoms with Crippen LogP contribution < -0.4 is 4.90 Å². The molecule has 0 saturated carbocycles. The van der Waals surface area contributed by atoms with Crippen molar-refractivity contribution in [2.24, 2.45) is 0 Å². The van der Waals surface area contributed by atoms with Gasteiger partial charge >= 0.3 is 0 Å². The third kappa shape index (κ3) is 3.03. The molecule has 0 atom stereocenters. The van der Waals surface area contributed by atoms with Gasteiger partial charge in [-0.3, -0.25) is 0 Å². The van der Waals surface area contributed by atoms with Gasteiger partial charge in [0, 0.05) is 26.0 Å². The predicted octanol–water partition coefficient (Wildman–Crippen LogP) is 5.88. The van der Waals surface area contributed by atoms with E-state index in [-0.39, 0.29) is 0 Å². The zero-order valence-electron chi connectivity index (χ0n) is 10.0. The van der Waals surface area contributed by atoms with E-state index in [9.17, 15) is 0 Å². The minimum absolute atomic E-state index is 0.986. The summed E-state index contributed by atoms with van der Waals surface area (Å²) in [6, 6.07) is 16.4. The van der Waals surface area contributed by atoms with Gasteiger partial charge in [0.25, 0.3) is 0 Å². The van der Waals surface area contributed by atoms with Crippen LogP contribution in [0.2, 0.25) is 0 Å². The summed E-state index contributed by atoms with van der Waals surface area (Å²) in [5.41, 5.74) is 3.20. The van der Waals surface area contributed by atoms with Crippen molar-refractivity contribution in [1.82, 2.24) is 0 Å². The lowest BCUT2D eigenvalue weighted by molar-refractivity contribution is 1.16. The van der Waals surface area contributed by atoms with E-state index in [2.05, 4.69) is 67.6 Å². The molecule has 0 aliphatic rings. The quantitative estimate of drug-likeness (QED) is 0.655. The maximum absolute atomic E-state index is 4.06. The molecule has 0 N–H and O–H groups in total. The third-order valence-electron chi connectivity index (χ3n) is 2.55. The van der Waals surface area contributed by atoms with E-state index in [0.717, 1.165) is 26.0 Å². The first-order valence-electron chi connectivity index (χ1n) is 5.55. The molecule has 1 nitrogen and oxygen atoms in total. The monoisotopic (exact) mass is 365 g/mol. The molecule has 0 saturated heterocycles. The fourth-order valence-corrected chi connectivity index (χ4v) is 2.30. The molecule has 0 bridgehead atoms. The Morgan fingerprint density at radius 1 is 0.833 bits per heavy atom. The van der Waals surface area contributed by atoms with Crippen LogP contribution in [0.25, 0.3) is 0 Å². The van der Waals surface area contributed by atoms with Crippen molar-refractivity contribution in [3.8, 4) is 0 Å². The number of nitrogens with zero attached hydrogens (tertiary/aromatic N) is 1. The molecule has 0 unspecified atom stereocenters. The molecule has 2 aromatic rings.